The number of aliphatic hydroxyl groups is 1. The van der Waals surface area contributed by atoms with Crippen molar-refractivity contribution in [3.05, 3.63) is 29.8 Å². The van der Waals surface area contributed by atoms with Gasteiger partial charge in [0.1, 0.15) is 5.75 Å². The third kappa shape index (κ3) is 4.90. The van der Waals surface area contributed by atoms with Crippen LogP contribution in [0.25, 0.3) is 0 Å². The second-order valence-corrected chi connectivity index (χ2v) is 4.96. The third-order valence-corrected chi connectivity index (χ3v) is 2.90. The maximum Gasteiger partial charge on any atom is 0.260 e. The van der Waals surface area contributed by atoms with Crippen LogP contribution >= 0.6 is 0 Å². The van der Waals surface area contributed by atoms with Gasteiger partial charge in [0.2, 0.25) is 0 Å². The predicted molar refractivity (Wildman–Crippen MR) is 75.1 cm³/mol. The summed E-state index contributed by atoms with van der Waals surface area (Å²) in [6.45, 7) is 5.58. The minimum atomic E-state index is -0.691. The third-order valence-electron chi connectivity index (χ3n) is 2.90. The molecule has 0 spiro atoms. The lowest BCUT2D eigenvalue weighted by molar-refractivity contribution is -0.127. The summed E-state index contributed by atoms with van der Waals surface area (Å²) >= 11 is 0. The van der Waals surface area contributed by atoms with Gasteiger partial charge < -0.3 is 15.2 Å². The standard InChI is InChI=1S/C15H20N2O3/c1-10(2)14(18)9-17-15(19)11(3)20-13-6-4-5-12(7-13)8-16/h4-7,10-11,14,18H,9H2,1-3H3,(H,17,19). The first kappa shape index (κ1) is 16.0. The monoisotopic (exact) mass is 276 g/mol. The van der Waals surface area contributed by atoms with E-state index in [4.69, 9.17) is 10.00 Å². The van der Waals surface area contributed by atoms with E-state index in [2.05, 4.69) is 5.32 Å². The van der Waals surface area contributed by atoms with Gasteiger partial charge in [-0.05, 0) is 31.0 Å². The summed E-state index contributed by atoms with van der Waals surface area (Å²) in [6.07, 6.45) is -1.27. The first-order valence-electron chi connectivity index (χ1n) is 6.56. The molecule has 0 aliphatic rings. The molecule has 0 aromatic heterocycles. The Morgan fingerprint density at radius 1 is 1.45 bits per heavy atom. The van der Waals surface area contributed by atoms with E-state index in [0.717, 1.165) is 0 Å². The fourth-order valence-corrected chi connectivity index (χ4v) is 1.48. The Balaban J connectivity index is 2.51. The van der Waals surface area contributed by atoms with E-state index in [1.807, 2.05) is 19.9 Å². The fraction of sp³-hybridized carbons (Fsp3) is 0.467. The SMILES string of the molecule is CC(Oc1cccc(C#N)c1)C(=O)NCC(O)C(C)C. The maximum atomic E-state index is 11.8. The van der Waals surface area contributed by atoms with Gasteiger partial charge in [-0.25, -0.2) is 0 Å². The van der Waals surface area contributed by atoms with Crippen molar-refractivity contribution in [2.24, 2.45) is 5.92 Å². The lowest BCUT2D eigenvalue weighted by atomic mass is 10.1. The second kappa shape index (κ2) is 7.51. The minimum Gasteiger partial charge on any atom is -0.481 e. The summed E-state index contributed by atoms with van der Waals surface area (Å²) < 4.78 is 5.47. The first-order valence-corrected chi connectivity index (χ1v) is 6.56. The Morgan fingerprint density at radius 3 is 2.75 bits per heavy atom. The number of nitrogens with one attached hydrogen (secondary N) is 1. The zero-order valence-corrected chi connectivity index (χ0v) is 12.0. The Bertz CT molecular complexity index is 494. The number of carbonyl (C=O) groups is 1. The normalized spacial score (nSPS) is 13.4. The molecule has 1 rings (SSSR count). The lowest BCUT2D eigenvalue weighted by Gasteiger charge is -2.18. The molecular weight excluding hydrogens is 256 g/mol. The van der Waals surface area contributed by atoms with Crippen molar-refractivity contribution < 1.29 is 14.6 Å². The van der Waals surface area contributed by atoms with Crippen LogP contribution in [0.2, 0.25) is 0 Å². The Hall–Kier alpha value is -2.06. The smallest absolute Gasteiger partial charge is 0.260 e. The number of nitrogens with zero attached hydrogens (tertiary/aromatic N) is 1. The summed E-state index contributed by atoms with van der Waals surface area (Å²) in [7, 11) is 0. The van der Waals surface area contributed by atoms with Gasteiger partial charge in [-0.15, -0.1) is 0 Å². The van der Waals surface area contributed by atoms with Crippen molar-refractivity contribution in [2.45, 2.75) is 33.0 Å². The Labute approximate surface area is 119 Å². The number of hydrogen-bond acceptors (Lipinski definition) is 4. The van der Waals surface area contributed by atoms with Crippen molar-refractivity contribution in [3.8, 4) is 11.8 Å². The highest BCUT2D eigenvalue weighted by molar-refractivity contribution is 5.80. The number of carbonyl (C=O) groups excluding carboxylic acids is 1. The van der Waals surface area contributed by atoms with E-state index in [0.29, 0.717) is 11.3 Å². The molecular formula is C15H20N2O3. The topological polar surface area (TPSA) is 82.3 Å². The summed E-state index contributed by atoms with van der Waals surface area (Å²) in [6, 6.07) is 8.63. The average Bonchev–Trinajstić information content (AvgIpc) is 2.44. The van der Waals surface area contributed by atoms with Crippen LogP contribution in [0.15, 0.2) is 24.3 Å². The van der Waals surface area contributed by atoms with E-state index >= 15 is 0 Å². The van der Waals surface area contributed by atoms with Crippen LogP contribution in [-0.4, -0.2) is 29.8 Å². The van der Waals surface area contributed by atoms with Gasteiger partial charge >= 0.3 is 0 Å². The summed E-state index contributed by atoms with van der Waals surface area (Å²) in [5, 5.41) is 21.0. The molecule has 2 unspecified atom stereocenters. The zero-order chi connectivity index (χ0) is 15.1. The molecule has 20 heavy (non-hydrogen) atoms. The molecule has 2 atom stereocenters. The van der Waals surface area contributed by atoms with E-state index in [1.165, 1.54) is 0 Å². The summed E-state index contributed by atoms with van der Waals surface area (Å²) in [5.41, 5.74) is 0.477. The highest BCUT2D eigenvalue weighted by Crippen LogP contribution is 2.14. The molecule has 0 saturated carbocycles. The molecule has 0 saturated heterocycles. The minimum absolute atomic E-state index is 0.0823. The molecule has 1 aromatic rings. The molecule has 0 bridgehead atoms. The molecule has 108 valence electrons. The van der Waals surface area contributed by atoms with Gasteiger partial charge in [-0.2, -0.15) is 5.26 Å². The number of hydrogen-bond donors (Lipinski definition) is 2. The molecule has 5 heteroatoms. The maximum absolute atomic E-state index is 11.8. The van der Waals surface area contributed by atoms with Gasteiger partial charge in [0.15, 0.2) is 6.10 Å². The molecule has 0 aliphatic heterocycles. The number of aliphatic hydroxyl groups excluding tert-OH is 1. The molecule has 0 fully saturated rings. The largest absolute Gasteiger partial charge is 0.481 e. The predicted octanol–water partition coefficient (Wildman–Crippen LogP) is 1.46. The van der Waals surface area contributed by atoms with Crippen molar-refractivity contribution in [2.75, 3.05) is 6.54 Å². The second-order valence-electron chi connectivity index (χ2n) is 4.96. The highest BCUT2D eigenvalue weighted by atomic mass is 16.5. The van der Waals surface area contributed by atoms with Gasteiger partial charge in [0.25, 0.3) is 5.91 Å². The van der Waals surface area contributed by atoms with Crippen LogP contribution in [-0.2, 0) is 4.79 Å². The van der Waals surface area contributed by atoms with Gasteiger partial charge in [-0.1, -0.05) is 19.9 Å². The van der Waals surface area contributed by atoms with Crippen LogP contribution < -0.4 is 10.1 Å². The van der Waals surface area contributed by atoms with E-state index < -0.39 is 12.2 Å². The highest BCUT2D eigenvalue weighted by Gasteiger charge is 2.17. The molecule has 0 radical (unpaired) electrons. The Morgan fingerprint density at radius 2 is 2.15 bits per heavy atom. The number of benzene rings is 1. The lowest BCUT2D eigenvalue weighted by Crippen LogP contribution is -2.41. The van der Waals surface area contributed by atoms with Crippen LogP contribution in [0.3, 0.4) is 0 Å². The van der Waals surface area contributed by atoms with Crippen molar-refractivity contribution in [1.29, 1.82) is 5.26 Å². The zero-order valence-electron chi connectivity index (χ0n) is 12.0. The first-order chi connectivity index (χ1) is 9.43. The van der Waals surface area contributed by atoms with E-state index in [-0.39, 0.29) is 18.4 Å². The van der Waals surface area contributed by atoms with Gasteiger partial charge in [-0.3, -0.25) is 4.79 Å². The molecule has 1 amide bonds. The van der Waals surface area contributed by atoms with E-state index in [9.17, 15) is 9.90 Å². The number of amides is 1. The summed E-state index contributed by atoms with van der Waals surface area (Å²) in [4.78, 5) is 11.8. The molecule has 1 aromatic carbocycles. The molecule has 2 N–H and O–H groups in total. The number of nitriles is 1. The number of ether oxygens (including phenoxy) is 1. The quantitative estimate of drug-likeness (QED) is 0.824. The van der Waals surface area contributed by atoms with Crippen molar-refractivity contribution in [3.63, 3.8) is 0 Å². The molecule has 0 heterocycles. The van der Waals surface area contributed by atoms with Crippen molar-refractivity contribution >= 4 is 5.91 Å². The summed E-state index contributed by atoms with van der Waals surface area (Å²) in [5.74, 6) is 0.252. The Kier molecular flexibility index (Phi) is 6.01. The van der Waals surface area contributed by atoms with Crippen molar-refractivity contribution in [1.82, 2.24) is 5.32 Å². The van der Waals surface area contributed by atoms with Crippen LogP contribution in [0.4, 0.5) is 0 Å². The average molecular weight is 276 g/mol. The van der Waals surface area contributed by atoms with Gasteiger partial charge in [0.05, 0.1) is 17.7 Å². The van der Waals surface area contributed by atoms with Crippen LogP contribution in [0, 0.1) is 17.2 Å². The fourth-order valence-electron chi connectivity index (χ4n) is 1.48. The molecule has 5 nitrogen and oxygen atoms in total. The van der Waals surface area contributed by atoms with Crippen LogP contribution in [0.5, 0.6) is 5.75 Å². The van der Waals surface area contributed by atoms with Gasteiger partial charge in [0, 0.05) is 6.54 Å². The number of rotatable bonds is 6. The molecule has 0 aliphatic carbocycles. The van der Waals surface area contributed by atoms with Crippen LogP contribution in [0.1, 0.15) is 26.3 Å². The van der Waals surface area contributed by atoms with E-state index in [1.54, 1.807) is 31.2 Å².